The van der Waals surface area contributed by atoms with Crippen LogP contribution in [0, 0.1) is 0 Å². The normalized spacial score (nSPS) is 12.7. The molecule has 1 aliphatic heterocycles. The van der Waals surface area contributed by atoms with Crippen molar-refractivity contribution in [1.29, 1.82) is 0 Å². The summed E-state index contributed by atoms with van der Waals surface area (Å²) < 4.78 is 10.2. The number of rotatable bonds is 7. The van der Waals surface area contributed by atoms with Crippen LogP contribution in [0.5, 0.6) is 5.75 Å². The molecule has 0 aromatic heterocycles. The maximum atomic E-state index is 12.6. The second-order valence-electron chi connectivity index (χ2n) is 6.29. The molecule has 152 valence electrons. The van der Waals surface area contributed by atoms with Crippen molar-refractivity contribution in [2.45, 2.75) is 6.42 Å². The third-order valence-electron chi connectivity index (χ3n) is 4.37. The summed E-state index contributed by atoms with van der Waals surface area (Å²) in [5.74, 6) is -0.284. The van der Waals surface area contributed by atoms with Crippen LogP contribution in [0.1, 0.15) is 27.1 Å². The molecule has 0 fully saturated rings. The molecule has 1 heterocycles. The minimum absolute atomic E-state index is 0.255. The summed E-state index contributed by atoms with van der Waals surface area (Å²) in [6.45, 7) is 0.728. The molecule has 0 unspecified atom stereocenters. The van der Waals surface area contributed by atoms with E-state index < -0.39 is 6.03 Å². The summed E-state index contributed by atoms with van der Waals surface area (Å²) in [6, 6.07) is 8.88. The summed E-state index contributed by atoms with van der Waals surface area (Å²) in [4.78, 5) is 38.5. The number of ether oxygens (including phenoxy) is 2. The van der Waals surface area contributed by atoms with Gasteiger partial charge in [0.2, 0.25) is 0 Å². The van der Waals surface area contributed by atoms with Gasteiger partial charge in [0.15, 0.2) is 0 Å². The minimum Gasteiger partial charge on any atom is -0.495 e. The lowest BCUT2D eigenvalue weighted by Crippen LogP contribution is -2.31. The first kappa shape index (κ1) is 20.6. The zero-order chi connectivity index (χ0) is 21.0. The van der Waals surface area contributed by atoms with Crippen molar-refractivity contribution in [2.24, 2.45) is 0 Å². The highest BCUT2D eigenvalue weighted by molar-refractivity contribution is 6.31. The number of nitrogens with zero attached hydrogens (tertiary/aromatic N) is 1. The van der Waals surface area contributed by atoms with E-state index >= 15 is 0 Å². The topological polar surface area (TPSA) is 97.0 Å². The van der Waals surface area contributed by atoms with Crippen LogP contribution in [0.4, 0.5) is 16.2 Å². The summed E-state index contributed by atoms with van der Waals surface area (Å²) in [5, 5.41) is 5.73. The molecule has 2 aromatic rings. The van der Waals surface area contributed by atoms with E-state index in [0.29, 0.717) is 40.7 Å². The number of carbonyl (C=O) groups is 3. The van der Waals surface area contributed by atoms with Gasteiger partial charge >= 0.3 is 6.03 Å². The molecule has 0 saturated heterocycles. The Morgan fingerprint density at radius 1 is 1.03 bits per heavy atom. The van der Waals surface area contributed by atoms with E-state index in [-0.39, 0.29) is 23.9 Å². The maximum Gasteiger partial charge on any atom is 0.323 e. The van der Waals surface area contributed by atoms with E-state index in [1.165, 1.54) is 24.1 Å². The Hall–Kier alpha value is -3.10. The van der Waals surface area contributed by atoms with Gasteiger partial charge in [-0.3, -0.25) is 14.5 Å². The molecule has 0 spiro atoms. The molecule has 0 aliphatic carbocycles. The van der Waals surface area contributed by atoms with Gasteiger partial charge in [0.1, 0.15) is 5.75 Å². The number of methoxy groups -OCH3 is 2. The van der Waals surface area contributed by atoms with Gasteiger partial charge in [0.25, 0.3) is 11.8 Å². The number of halogens is 1. The van der Waals surface area contributed by atoms with Gasteiger partial charge in [-0.2, -0.15) is 0 Å². The van der Waals surface area contributed by atoms with Crippen LogP contribution in [0.3, 0.4) is 0 Å². The van der Waals surface area contributed by atoms with Crippen molar-refractivity contribution in [3.63, 3.8) is 0 Å². The molecule has 0 saturated carbocycles. The fraction of sp³-hybridized carbons (Fsp3) is 0.250. The lowest BCUT2D eigenvalue weighted by molar-refractivity contribution is 0.0638. The van der Waals surface area contributed by atoms with Crippen LogP contribution in [0.25, 0.3) is 0 Å². The fourth-order valence-electron chi connectivity index (χ4n) is 3.00. The molecule has 0 atom stereocenters. The second-order valence-corrected chi connectivity index (χ2v) is 6.73. The van der Waals surface area contributed by atoms with E-state index in [2.05, 4.69) is 10.6 Å². The fourth-order valence-corrected chi connectivity index (χ4v) is 3.17. The van der Waals surface area contributed by atoms with Crippen molar-refractivity contribution < 1.29 is 23.9 Å². The number of fused-ring (bicyclic) bond motifs is 1. The Kier molecular flexibility index (Phi) is 6.36. The summed E-state index contributed by atoms with van der Waals surface area (Å²) in [7, 11) is 3.04. The standard InChI is InChI=1S/C20H20ClN3O5/c1-28-9-3-8-24-18(25)14-6-5-13(11-15(14)19(24)26)22-20(27)23-16-10-12(21)4-7-17(16)29-2/h4-7,10-11H,3,8-9H2,1-2H3,(H2,22,23,27). The third kappa shape index (κ3) is 4.49. The zero-order valence-electron chi connectivity index (χ0n) is 16.0. The van der Waals surface area contributed by atoms with Crippen molar-refractivity contribution in [1.82, 2.24) is 4.90 Å². The highest BCUT2D eigenvalue weighted by Crippen LogP contribution is 2.29. The van der Waals surface area contributed by atoms with Gasteiger partial charge in [0, 0.05) is 31.0 Å². The predicted octanol–water partition coefficient (Wildman–Crippen LogP) is 3.63. The van der Waals surface area contributed by atoms with Crippen LogP contribution >= 0.6 is 11.6 Å². The highest BCUT2D eigenvalue weighted by Gasteiger charge is 2.35. The Morgan fingerprint density at radius 3 is 2.52 bits per heavy atom. The maximum absolute atomic E-state index is 12.6. The Bertz CT molecular complexity index is 963. The zero-order valence-corrected chi connectivity index (χ0v) is 16.7. The van der Waals surface area contributed by atoms with Gasteiger partial charge in [-0.25, -0.2) is 4.79 Å². The first-order chi connectivity index (χ1) is 13.9. The summed E-state index contributed by atoms with van der Waals surface area (Å²) >= 11 is 5.96. The van der Waals surface area contributed by atoms with Gasteiger partial charge < -0.3 is 20.1 Å². The first-order valence-corrected chi connectivity index (χ1v) is 9.23. The van der Waals surface area contributed by atoms with E-state index in [0.717, 1.165) is 0 Å². The van der Waals surface area contributed by atoms with Crippen molar-refractivity contribution in [2.75, 3.05) is 38.0 Å². The quantitative estimate of drug-likeness (QED) is 0.529. The van der Waals surface area contributed by atoms with Crippen LogP contribution in [-0.4, -0.2) is 50.1 Å². The summed E-state index contributed by atoms with van der Waals surface area (Å²) in [6.07, 6.45) is 0.553. The molecule has 9 heteroatoms. The molecule has 8 nitrogen and oxygen atoms in total. The number of amides is 4. The molecule has 0 radical (unpaired) electrons. The second kappa shape index (κ2) is 8.93. The SMILES string of the molecule is COCCCN1C(=O)c2ccc(NC(=O)Nc3cc(Cl)ccc3OC)cc2C1=O. The largest absolute Gasteiger partial charge is 0.495 e. The first-order valence-electron chi connectivity index (χ1n) is 8.85. The average Bonchev–Trinajstić information content (AvgIpc) is 2.92. The van der Waals surface area contributed by atoms with E-state index in [9.17, 15) is 14.4 Å². The van der Waals surface area contributed by atoms with Crippen molar-refractivity contribution >= 4 is 40.8 Å². The number of hydrogen-bond donors (Lipinski definition) is 2. The lowest BCUT2D eigenvalue weighted by atomic mass is 10.1. The number of nitrogens with one attached hydrogen (secondary N) is 2. The molecule has 29 heavy (non-hydrogen) atoms. The van der Waals surface area contributed by atoms with Crippen LogP contribution in [0.15, 0.2) is 36.4 Å². The molecule has 2 aromatic carbocycles. The molecule has 4 amide bonds. The molecule has 2 N–H and O–H groups in total. The van der Waals surface area contributed by atoms with Gasteiger partial charge in [0.05, 0.1) is 23.9 Å². The van der Waals surface area contributed by atoms with Crippen LogP contribution < -0.4 is 15.4 Å². The molecule has 0 bridgehead atoms. The number of hydrogen-bond acceptors (Lipinski definition) is 5. The Balaban J connectivity index is 1.72. The van der Waals surface area contributed by atoms with Gasteiger partial charge in [-0.1, -0.05) is 11.6 Å². The van der Waals surface area contributed by atoms with Crippen LogP contribution in [-0.2, 0) is 4.74 Å². The highest BCUT2D eigenvalue weighted by atomic mass is 35.5. The van der Waals surface area contributed by atoms with E-state index in [4.69, 9.17) is 21.1 Å². The Morgan fingerprint density at radius 2 is 1.79 bits per heavy atom. The number of benzene rings is 2. The Labute approximate surface area is 172 Å². The third-order valence-corrected chi connectivity index (χ3v) is 4.60. The van der Waals surface area contributed by atoms with E-state index in [1.807, 2.05) is 0 Å². The summed E-state index contributed by atoms with van der Waals surface area (Å²) in [5.41, 5.74) is 1.34. The minimum atomic E-state index is -0.542. The average molecular weight is 418 g/mol. The van der Waals surface area contributed by atoms with Crippen molar-refractivity contribution in [3.05, 3.63) is 52.5 Å². The smallest absolute Gasteiger partial charge is 0.323 e. The number of anilines is 2. The molecule has 1 aliphatic rings. The predicted molar refractivity (Wildman–Crippen MR) is 109 cm³/mol. The lowest BCUT2D eigenvalue weighted by Gasteiger charge is -2.12. The van der Waals surface area contributed by atoms with Gasteiger partial charge in [-0.05, 0) is 42.8 Å². The molecule has 3 rings (SSSR count). The monoisotopic (exact) mass is 417 g/mol. The van der Waals surface area contributed by atoms with Gasteiger partial charge in [-0.15, -0.1) is 0 Å². The van der Waals surface area contributed by atoms with E-state index in [1.54, 1.807) is 31.4 Å². The number of imide groups is 1. The van der Waals surface area contributed by atoms with Crippen molar-refractivity contribution in [3.8, 4) is 5.75 Å². The number of urea groups is 1. The van der Waals surface area contributed by atoms with Crippen LogP contribution in [0.2, 0.25) is 5.02 Å². The molecular weight excluding hydrogens is 398 g/mol. The molecular formula is C20H20ClN3O5. The number of carbonyl (C=O) groups excluding carboxylic acids is 3.